The Morgan fingerprint density at radius 1 is 1.06 bits per heavy atom. The third-order valence-electron chi connectivity index (χ3n) is 5.81. The average Bonchev–Trinajstić information content (AvgIpc) is 3.30. The normalized spacial score (nSPS) is 19.0. The second-order valence-corrected chi connectivity index (χ2v) is 7.80. The molecule has 2 aliphatic heterocycles. The lowest BCUT2D eigenvalue weighted by atomic mass is 10.0. The number of carbonyl (C=O) groups is 3. The highest BCUT2D eigenvalue weighted by atomic mass is 16.5. The standard InChI is InChI=1S/C24H26N4O6/c1-32-20-9-8-15(12-21(20)33-2)18-13-19-23(30)27(10-11-28(19)26-18)14-22(29)25-17-7-5-4-6-16(17)24(31)34-3/h4-12,18-19,26H,13-14H2,1-3H3,(H,25,29). The molecule has 2 N–H and O–H groups in total. The predicted molar refractivity (Wildman–Crippen MR) is 123 cm³/mol. The zero-order valence-corrected chi connectivity index (χ0v) is 19.1. The first-order chi connectivity index (χ1) is 16.4. The van der Waals surface area contributed by atoms with E-state index in [9.17, 15) is 14.4 Å². The van der Waals surface area contributed by atoms with Crippen LogP contribution in [0.2, 0.25) is 0 Å². The number of hydrogen-bond donors (Lipinski definition) is 2. The van der Waals surface area contributed by atoms with E-state index in [4.69, 9.17) is 14.2 Å². The Bertz CT molecular complexity index is 1130. The summed E-state index contributed by atoms with van der Waals surface area (Å²) < 4.78 is 15.4. The van der Waals surface area contributed by atoms with E-state index in [-0.39, 0.29) is 24.1 Å². The lowest BCUT2D eigenvalue weighted by molar-refractivity contribution is -0.137. The first-order valence-electron chi connectivity index (χ1n) is 10.7. The van der Waals surface area contributed by atoms with Crippen molar-refractivity contribution in [2.24, 2.45) is 0 Å². The van der Waals surface area contributed by atoms with Gasteiger partial charge in [0.25, 0.3) is 5.91 Å². The summed E-state index contributed by atoms with van der Waals surface area (Å²) >= 11 is 0. The van der Waals surface area contributed by atoms with E-state index in [1.54, 1.807) is 55.9 Å². The SMILES string of the molecule is COC(=O)c1ccccc1NC(=O)CN1C=CN2NC(c3ccc(OC)c(OC)c3)CC2C1=O. The van der Waals surface area contributed by atoms with Crippen LogP contribution in [0.15, 0.2) is 54.9 Å². The molecule has 2 amide bonds. The van der Waals surface area contributed by atoms with Crippen LogP contribution in [0, 0.1) is 0 Å². The van der Waals surface area contributed by atoms with Crippen LogP contribution in [0.5, 0.6) is 11.5 Å². The van der Waals surface area contributed by atoms with Crippen molar-refractivity contribution < 1.29 is 28.6 Å². The number of nitrogens with zero attached hydrogens (tertiary/aromatic N) is 2. The van der Waals surface area contributed by atoms with Crippen LogP contribution >= 0.6 is 0 Å². The van der Waals surface area contributed by atoms with Crippen molar-refractivity contribution in [3.05, 3.63) is 66.0 Å². The first-order valence-corrected chi connectivity index (χ1v) is 10.7. The number of amides is 2. The molecule has 0 aromatic heterocycles. The molecule has 0 spiro atoms. The maximum absolute atomic E-state index is 13.1. The number of rotatable bonds is 7. The molecule has 2 aromatic carbocycles. The van der Waals surface area contributed by atoms with Crippen molar-refractivity contribution in [3.8, 4) is 11.5 Å². The second-order valence-electron chi connectivity index (χ2n) is 7.80. The fraction of sp³-hybridized carbons (Fsp3) is 0.292. The summed E-state index contributed by atoms with van der Waals surface area (Å²) in [6, 6.07) is 11.6. The zero-order chi connectivity index (χ0) is 24.2. The highest BCUT2D eigenvalue weighted by Gasteiger charge is 2.40. The Balaban J connectivity index is 1.42. The van der Waals surface area contributed by atoms with Crippen LogP contribution in [0.1, 0.15) is 28.4 Å². The Kier molecular flexibility index (Phi) is 6.69. The summed E-state index contributed by atoms with van der Waals surface area (Å²) in [6.07, 6.45) is 3.82. The van der Waals surface area contributed by atoms with Crippen LogP contribution in [-0.2, 0) is 14.3 Å². The predicted octanol–water partition coefficient (Wildman–Crippen LogP) is 2.06. The number of carbonyl (C=O) groups excluding carboxylic acids is 3. The third-order valence-corrected chi connectivity index (χ3v) is 5.81. The van der Waals surface area contributed by atoms with Crippen LogP contribution in [-0.4, -0.2) is 61.6 Å². The summed E-state index contributed by atoms with van der Waals surface area (Å²) in [5.41, 5.74) is 4.84. The van der Waals surface area contributed by atoms with Crippen molar-refractivity contribution in [2.45, 2.75) is 18.5 Å². The molecule has 2 heterocycles. The molecule has 2 unspecified atom stereocenters. The van der Waals surface area contributed by atoms with Gasteiger partial charge < -0.3 is 29.4 Å². The largest absolute Gasteiger partial charge is 0.493 e. The van der Waals surface area contributed by atoms with E-state index < -0.39 is 17.9 Å². The monoisotopic (exact) mass is 466 g/mol. The smallest absolute Gasteiger partial charge is 0.339 e. The van der Waals surface area contributed by atoms with Gasteiger partial charge in [-0.25, -0.2) is 10.2 Å². The van der Waals surface area contributed by atoms with Gasteiger partial charge in [0.05, 0.1) is 38.6 Å². The molecule has 10 nitrogen and oxygen atoms in total. The molecule has 2 aromatic rings. The quantitative estimate of drug-likeness (QED) is 0.597. The van der Waals surface area contributed by atoms with Crippen LogP contribution < -0.4 is 20.2 Å². The van der Waals surface area contributed by atoms with E-state index in [2.05, 4.69) is 10.7 Å². The van der Waals surface area contributed by atoms with Gasteiger partial charge in [0.1, 0.15) is 12.6 Å². The maximum Gasteiger partial charge on any atom is 0.339 e. The van der Waals surface area contributed by atoms with Gasteiger partial charge >= 0.3 is 5.97 Å². The number of anilines is 1. The van der Waals surface area contributed by atoms with E-state index in [1.807, 2.05) is 18.2 Å². The average molecular weight is 466 g/mol. The first kappa shape index (κ1) is 23.1. The van der Waals surface area contributed by atoms with Gasteiger partial charge in [-0.05, 0) is 36.2 Å². The molecule has 0 saturated carbocycles. The number of hydrazine groups is 1. The molecule has 0 radical (unpaired) electrons. The summed E-state index contributed by atoms with van der Waals surface area (Å²) in [7, 11) is 4.43. The van der Waals surface area contributed by atoms with E-state index in [1.165, 1.54) is 12.0 Å². The summed E-state index contributed by atoms with van der Waals surface area (Å²) in [4.78, 5) is 39.1. The molecule has 2 atom stereocenters. The Labute approximate surface area is 197 Å². The molecular weight excluding hydrogens is 440 g/mol. The number of para-hydroxylation sites is 1. The summed E-state index contributed by atoms with van der Waals surface area (Å²) in [6.45, 7) is -0.184. The van der Waals surface area contributed by atoms with Gasteiger partial charge in [-0.2, -0.15) is 0 Å². The third kappa shape index (κ3) is 4.53. The van der Waals surface area contributed by atoms with Crippen molar-refractivity contribution in [3.63, 3.8) is 0 Å². The number of hydrogen-bond acceptors (Lipinski definition) is 8. The number of methoxy groups -OCH3 is 3. The minimum absolute atomic E-state index is 0.112. The molecule has 0 aliphatic carbocycles. The Morgan fingerprint density at radius 3 is 2.56 bits per heavy atom. The minimum Gasteiger partial charge on any atom is -0.493 e. The van der Waals surface area contributed by atoms with Gasteiger partial charge in [-0.1, -0.05) is 18.2 Å². The van der Waals surface area contributed by atoms with Crippen LogP contribution in [0.25, 0.3) is 0 Å². The van der Waals surface area contributed by atoms with Gasteiger partial charge in [0.2, 0.25) is 5.91 Å². The van der Waals surface area contributed by atoms with E-state index >= 15 is 0 Å². The molecular formula is C24H26N4O6. The van der Waals surface area contributed by atoms with Crippen LogP contribution in [0.4, 0.5) is 5.69 Å². The van der Waals surface area contributed by atoms with Crippen molar-refractivity contribution >= 4 is 23.5 Å². The van der Waals surface area contributed by atoms with Gasteiger partial charge in [-0.3, -0.25) is 9.59 Å². The Morgan fingerprint density at radius 2 is 1.82 bits per heavy atom. The molecule has 0 bridgehead atoms. The van der Waals surface area contributed by atoms with Gasteiger partial charge in [-0.15, -0.1) is 0 Å². The number of ether oxygens (including phenoxy) is 3. The van der Waals surface area contributed by atoms with Gasteiger partial charge in [0.15, 0.2) is 11.5 Å². The van der Waals surface area contributed by atoms with Crippen molar-refractivity contribution in [1.29, 1.82) is 0 Å². The highest BCUT2D eigenvalue weighted by Crippen LogP contribution is 2.35. The topological polar surface area (TPSA) is 109 Å². The molecule has 1 saturated heterocycles. The molecule has 10 heteroatoms. The van der Waals surface area contributed by atoms with Crippen molar-refractivity contribution in [2.75, 3.05) is 33.2 Å². The van der Waals surface area contributed by atoms with E-state index in [0.717, 1.165) is 5.56 Å². The molecule has 178 valence electrons. The molecule has 2 aliphatic rings. The Hall–Kier alpha value is -4.05. The summed E-state index contributed by atoms with van der Waals surface area (Å²) in [5, 5.41) is 4.44. The lowest BCUT2D eigenvalue weighted by Gasteiger charge is -2.31. The zero-order valence-electron chi connectivity index (χ0n) is 19.1. The molecule has 34 heavy (non-hydrogen) atoms. The number of fused-ring (bicyclic) bond motifs is 1. The fourth-order valence-electron chi connectivity index (χ4n) is 4.08. The summed E-state index contributed by atoms with van der Waals surface area (Å²) in [5.74, 6) is 0.0567. The van der Waals surface area contributed by atoms with Crippen molar-refractivity contribution in [1.82, 2.24) is 15.3 Å². The second kappa shape index (κ2) is 9.84. The lowest BCUT2D eigenvalue weighted by Crippen LogP contribution is -2.49. The van der Waals surface area contributed by atoms with Crippen LogP contribution in [0.3, 0.4) is 0 Å². The van der Waals surface area contributed by atoms with Gasteiger partial charge in [0, 0.05) is 12.4 Å². The van der Waals surface area contributed by atoms with E-state index in [0.29, 0.717) is 23.6 Å². The maximum atomic E-state index is 13.1. The molecule has 4 rings (SSSR count). The minimum atomic E-state index is -0.557. The molecule has 1 fully saturated rings. The fourth-order valence-corrected chi connectivity index (χ4v) is 4.08. The highest BCUT2D eigenvalue weighted by molar-refractivity contribution is 6.02. The number of benzene rings is 2. The number of nitrogens with one attached hydrogen (secondary N) is 2. The number of esters is 1.